The lowest BCUT2D eigenvalue weighted by Gasteiger charge is -2.12. The first-order valence-electron chi connectivity index (χ1n) is 10.8. The number of aliphatic hydroxyl groups is 1. The van der Waals surface area contributed by atoms with Crippen LogP contribution in [0.2, 0.25) is 0 Å². The Balaban J connectivity index is 1.20. The van der Waals surface area contributed by atoms with Gasteiger partial charge in [0.1, 0.15) is 5.01 Å². The average Bonchev–Trinajstić information content (AvgIpc) is 3.32. The van der Waals surface area contributed by atoms with E-state index in [9.17, 15) is 9.90 Å². The quantitative estimate of drug-likeness (QED) is 0.309. The monoisotopic (exact) mass is 458 g/mol. The number of pyridine rings is 1. The van der Waals surface area contributed by atoms with Crippen molar-refractivity contribution >= 4 is 22.9 Å². The molecule has 33 heavy (non-hydrogen) atoms. The minimum absolute atomic E-state index is 0.0845. The minimum Gasteiger partial charge on any atom is -0.387 e. The van der Waals surface area contributed by atoms with Crippen LogP contribution in [-0.2, 0) is 17.6 Å². The van der Waals surface area contributed by atoms with Gasteiger partial charge < -0.3 is 15.7 Å². The summed E-state index contributed by atoms with van der Waals surface area (Å²) in [4.78, 5) is 21.0. The molecule has 2 aromatic heterocycles. The summed E-state index contributed by atoms with van der Waals surface area (Å²) >= 11 is 1.55. The Labute approximate surface area is 197 Å². The highest BCUT2D eigenvalue weighted by Crippen LogP contribution is 2.23. The van der Waals surface area contributed by atoms with Crippen molar-refractivity contribution < 1.29 is 9.90 Å². The van der Waals surface area contributed by atoms with E-state index in [1.807, 2.05) is 72.1 Å². The maximum absolute atomic E-state index is 12.4. The molecule has 1 amide bonds. The van der Waals surface area contributed by atoms with E-state index < -0.39 is 6.10 Å². The summed E-state index contributed by atoms with van der Waals surface area (Å²) in [6, 6.07) is 21.5. The number of hydrogen-bond donors (Lipinski definition) is 3. The molecule has 0 spiro atoms. The Morgan fingerprint density at radius 2 is 1.85 bits per heavy atom. The van der Waals surface area contributed by atoms with E-state index in [1.54, 1.807) is 23.7 Å². The number of benzene rings is 2. The molecule has 0 unspecified atom stereocenters. The number of nitrogens with one attached hydrogen (secondary N) is 2. The van der Waals surface area contributed by atoms with Gasteiger partial charge in [-0.1, -0.05) is 48.5 Å². The van der Waals surface area contributed by atoms with Crippen LogP contribution >= 0.6 is 11.3 Å². The third-order valence-corrected chi connectivity index (χ3v) is 6.09. The fourth-order valence-corrected chi connectivity index (χ4v) is 4.21. The summed E-state index contributed by atoms with van der Waals surface area (Å²) in [6.45, 7) is 1.22. The minimum atomic E-state index is -0.572. The number of aliphatic hydroxyl groups excluding tert-OH is 1. The van der Waals surface area contributed by atoms with Crippen LogP contribution in [0.5, 0.6) is 0 Å². The molecule has 2 aromatic carbocycles. The lowest BCUT2D eigenvalue weighted by Crippen LogP contribution is -2.23. The Kier molecular flexibility index (Phi) is 7.92. The highest BCUT2D eigenvalue weighted by molar-refractivity contribution is 7.13. The van der Waals surface area contributed by atoms with Crippen LogP contribution in [0.15, 0.2) is 84.5 Å². The second-order valence-corrected chi connectivity index (χ2v) is 8.55. The van der Waals surface area contributed by atoms with Crippen molar-refractivity contribution in [3.05, 3.63) is 101 Å². The average molecular weight is 459 g/mol. The summed E-state index contributed by atoms with van der Waals surface area (Å²) in [6.07, 6.45) is 3.87. The predicted octanol–water partition coefficient (Wildman–Crippen LogP) is 4.25. The molecular formula is C26H26N4O2S. The highest BCUT2D eigenvalue weighted by atomic mass is 32.1. The van der Waals surface area contributed by atoms with E-state index >= 15 is 0 Å². The number of carbonyl (C=O) groups excluding carboxylic acids is 1. The highest BCUT2D eigenvalue weighted by Gasteiger charge is 2.10. The van der Waals surface area contributed by atoms with Crippen molar-refractivity contribution in [2.45, 2.75) is 18.9 Å². The smallest absolute Gasteiger partial charge is 0.230 e. The molecule has 168 valence electrons. The Morgan fingerprint density at radius 3 is 2.61 bits per heavy atom. The van der Waals surface area contributed by atoms with Crippen molar-refractivity contribution in [3.63, 3.8) is 0 Å². The zero-order valence-corrected chi connectivity index (χ0v) is 19.0. The standard InChI is InChI=1S/C26H26N4O2S/c31-24(21-7-4-13-27-16-21)17-28-14-12-19-8-10-22(11-9-19)29-25(32)15-23-18-33-26(30-23)20-5-2-1-3-6-20/h1-11,13,16,18,24,28,31H,12,14-15,17H2,(H,29,32)/t24-/m0/s1. The molecule has 3 N–H and O–H groups in total. The van der Waals surface area contributed by atoms with Gasteiger partial charge in [0, 0.05) is 41.1 Å². The van der Waals surface area contributed by atoms with Gasteiger partial charge in [-0.25, -0.2) is 4.98 Å². The molecule has 0 aliphatic heterocycles. The van der Waals surface area contributed by atoms with Gasteiger partial charge in [-0.05, 0) is 36.7 Å². The van der Waals surface area contributed by atoms with E-state index in [4.69, 9.17) is 0 Å². The van der Waals surface area contributed by atoms with Crippen LogP contribution < -0.4 is 10.6 Å². The first-order chi connectivity index (χ1) is 16.2. The summed E-state index contributed by atoms with van der Waals surface area (Å²) in [5.41, 5.74) is 4.56. The Hall–Kier alpha value is -3.39. The van der Waals surface area contributed by atoms with Crippen molar-refractivity contribution in [3.8, 4) is 10.6 Å². The zero-order chi connectivity index (χ0) is 22.9. The van der Waals surface area contributed by atoms with Crippen molar-refractivity contribution in [2.75, 3.05) is 18.4 Å². The van der Waals surface area contributed by atoms with E-state index in [-0.39, 0.29) is 12.3 Å². The molecule has 4 rings (SSSR count). The third-order valence-electron chi connectivity index (χ3n) is 5.15. The molecule has 0 radical (unpaired) electrons. The maximum atomic E-state index is 12.4. The van der Waals surface area contributed by atoms with Gasteiger partial charge in [-0.3, -0.25) is 9.78 Å². The van der Waals surface area contributed by atoms with Gasteiger partial charge in [-0.2, -0.15) is 0 Å². The molecule has 2 heterocycles. The van der Waals surface area contributed by atoms with Gasteiger partial charge in [0.15, 0.2) is 0 Å². The number of rotatable bonds is 10. The van der Waals surface area contributed by atoms with Gasteiger partial charge in [0.05, 0.1) is 18.2 Å². The summed E-state index contributed by atoms with van der Waals surface area (Å²) < 4.78 is 0. The van der Waals surface area contributed by atoms with Crippen LogP contribution in [0.3, 0.4) is 0 Å². The molecular weight excluding hydrogens is 432 g/mol. The van der Waals surface area contributed by atoms with E-state index in [1.165, 1.54) is 0 Å². The van der Waals surface area contributed by atoms with Crippen LogP contribution in [0.4, 0.5) is 5.69 Å². The molecule has 0 bridgehead atoms. The third kappa shape index (κ3) is 6.79. The molecule has 4 aromatic rings. The Bertz CT molecular complexity index is 1150. The van der Waals surface area contributed by atoms with Gasteiger partial charge in [0.2, 0.25) is 5.91 Å². The predicted molar refractivity (Wildman–Crippen MR) is 132 cm³/mol. The molecule has 7 heteroatoms. The largest absolute Gasteiger partial charge is 0.387 e. The van der Waals surface area contributed by atoms with Crippen LogP contribution in [-0.4, -0.2) is 34.1 Å². The number of aromatic nitrogens is 2. The van der Waals surface area contributed by atoms with Gasteiger partial charge >= 0.3 is 0 Å². The number of anilines is 1. The number of carbonyl (C=O) groups is 1. The van der Waals surface area contributed by atoms with Crippen molar-refractivity contribution in [1.82, 2.24) is 15.3 Å². The first kappa shape index (κ1) is 22.8. The molecule has 6 nitrogen and oxygen atoms in total. The molecule has 1 atom stereocenters. The fourth-order valence-electron chi connectivity index (χ4n) is 3.39. The lowest BCUT2D eigenvalue weighted by molar-refractivity contribution is -0.115. The molecule has 0 aliphatic carbocycles. The maximum Gasteiger partial charge on any atom is 0.230 e. The van der Waals surface area contributed by atoms with E-state index in [2.05, 4.69) is 20.6 Å². The number of amides is 1. The summed E-state index contributed by atoms with van der Waals surface area (Å²) in [7, 11) is 0. The van der Waals surface area contributed by atoms with E-state index in [0.717, 1.165) is 46.0 Å². The van der Waals surface area contributed by atoms with Gasteiger partial charge in [-0.15, -0.1) is 11.3 Å². The number of thiazole rings is 1. The second kappa shape index (κ2) is 11.5. The molecule has 0 saturated heterocycles. The zero-order valence-electron chi connectivity index (χ0n) is 18.1. The van der Waals surface area contributed by atoms with Gasteiger partial charge in [0.25, 0.3) is 0 Å². The summed E-state index contributed by atoms with van der Waals surface area (Å²) in [5, 5.41) is 19.2. The van der Waals surface area contributed by atoms with Crippen molar-refractivity contribution in [2.24, 2.45) is 0 Å². The fraction of sp³-hybridized carbons (Fsp3) is 0.192. The first-order valence-corrected chi connectivity index (χ1v) is 11.7. The lowest BCUT2D eigenvalue weighted by atomic mass is 10.1. The molecule has 0 aliphatic rings. The van der Waals surface area contributed by atoms with E-state index in [0.29, 0.717) is 6.54 Å². The van der Waals surface area contributed by atoms with Crippen molar-refractivity contribution in [1.29, 1.82) is 0 Å². The van der Waals surface area contributed by atoms with Crippen LogP contribution in [0.1, 0.15) is 22.9 Å². The normalized spacial score (nSPS) is 11.8. The number of nitrogens with zero attached hydrogens (tertiary/aromatic N) is 2. The van der Waals surface area contributed by atoms with Crippen LogP contribution in [0, 0.1) is 0 Å². The Morgan fingerprint density at radius 1 is 1.03 bits per heavy atom. The summed E-state index contributed by atoms with van der Waals surface area (Å²) in [5.74, 6) is -0.0845. The SMILES string of the molecule is O=C(Cc1csc(-c2ccccc2)n1)Nc1ccc(CCNC[C@H](O)c2cccnc2)cc1. The molecule has 0 fully saturated rings. The second-order valence-electron chi connectivity index (χ2n) is 7.69. The molecule has 0 saturated carbocycles. The number of hydrogen-bond acceptors (Lipinski definition) is 6. The topological polar surface area (TPSA) is 87.1 Å². The van der Waals surface area contributed by atoms with Crippen LogP contribution in [0.25, 0.3) is 10.6 Å².